The van der Waals surface area contributed by atoms with Crippen LogP contribution in [0, 0.1) is 11.3 Å². The Morgan fingerprint density at radius 1 is 1.09 bits per heavy atom. The summed E-state index contributed by atoms with van der Waals surface area (Å²) in [4.78, 5) is 25.0. The van der Waals surface area contributed by atoms with Gasteiger partial charge in [-0.15, -0.1) is 0 Å². The van der Waals surface area contributed by atoms with E-state index in [1.54, 1.807) is 14.2 Å². The van der Waals surface area contributed by atoms with E-state index in [4.69, 9.17) is 9.47 Å². The molecule has 0 saturated heterocycles. The van der Waals surface area contributed by atoms with Gasteiger partial charge in [-0.1, -0.05) is 13.0 Å². The Balaban J connectivity index is 2.09. The predicted octanol–water partition coefficient (Wildman–Crippen LogP) is 2.92. The van der Waals surface area contributed by atoms with E-state index in [2.05, 4.69) is 6.92 Å². The van der Waals surface area contributed by atoms with Crippen molar-refractivity contribution in [2.45, 2.75) is 38.5 Å². The molecule has 118 valence electrons. The highest BCUT2D eigenvalue weighted by Crippen LogP contribution is 2.56. The van der Waals surface area contributed by atoms with Gasteiger partial charge in [0.15, 0.2) is 5.78 Å². The number of ketones is 2. The number of methoxy groups -OCH3 is 2. The lowest BCUT2D eigenvalue weighted by molar-refractivity contribution is -0.138. The number of ether oxygens (including phenoxy) is 2. The molecule has 2 fully saturated rings. The SMILES string of the molecule is COc1ccc([C@@]2(C)CC[C@]3(C)C(=O)C[C@H]2C3=O)c(OC)c1. The van der Waals surface area contributed by atoms with Crippen molar-refractivity contribution in [2.24, 2.45) is 11.3 Å². The highest BCUT2D eigenvalue weighted by molar-refractivity contribution is 6.15. The standard InChI is InChI=1S/C18H22O4/c1-17(12-6-5-11(21-3)9-14(12)22-4)7-8-18(2)15(19)10-13(17)16(18)20/h5-6,9,13H,7-8,10H2,1-4H3/t13-,17+,18+/m0/s1. The minimum Gasteiger partial charge on any atom is -0.497 e. The van der Waals surface area contributed by atoms with Crippen molar-refractivity contribution in [2.75, 3.05) is 14.2 Å². The molecule has 3 atom stereocenters. The highest BCUT2D eigenvalue weighted by atomic mass is 16.5. The normalized spacial score (nSPS) is 33.9. The second kappa shape index (κ2) is 4.83. The first kappa shape index (κ1) is 15.1. The van der Waals surface area contributed by atoms with E-state index >= 15 is 0 Å². The van der Waals surface area contributed by atoms with Crippen molar-refractivity contribution in [1.82, 2.24) is 0 Å². The molecule has 2 aliphatic carbocycles. The number of Topliss-reactive ketones (excluding diaryl/α,β-unsaturated/α-hetero) is 2. The lowest BCUT2D eigenvalue weighted by atomic mass is 9.60. The van der Waals surface area contributed by atoms with Crippen molar-refractivity contribution in [1.29, 1.82) is 0 Å². The summed E-state index contributed by atoms with van der Waals surface area (Å²) in [5, 5.41) is 0. The second-order valence-electron chi connectivity index (χ2n) is 6.86. The zero-order valence-electron chi connectivity index (χ0n) is 13.6. The van der Waals surface area contributed by atoms with E-state index in [0.717, 1.165) is 23.5 Å². The predicted molar refractivity (Wildman–Crippen MR) is 82.4 cm³/mol. The zero-order valence-corrected chi connectivity index (χ0v) is 13.6. The average Bonchev–Trinajstić information content (AvgIpc) is 2.69. The summed E-state index contributed by atoms with van der Waals surface area (Å²) < 4.78 is 10.8. The first-order valence-electron chi connectivity index (χ1n) is 7.67. The fraction of sp³-hybridized carbons (Fsp3) is 0.556. The quantitative estimate of drug-likeness (QED) is 0.806. The highest BCUT2D eigenvalue weighted by Gasteiger charge is 2.61. The molecule has 0 spiro atoms. The van der Waals surface area contributed by atoms with E-state index in [-0.39, 0.29) is 22.9 Å². The molecule has 2 aliphatic rings. The van der Waals surface area contributed by atoms with Crippen LogP contribution in [-0.2, 0) is 15.0 Å². The van der Waals surface area contributed by atoms with Crippen LogP contribution in [0.4, 0.5) is 0 Å². The number of hydrogen-bond donors (Lipinski definition) is 0. The summed E-state index contributed by atoms with van der Waals surface area (Å²) in [5.74, 6) is 1.39. The van der Waals surface area contributed by atoms with Gasteiger partial charge < -0.3 is 9.47 Å². The fourth-order valence-corrected chi connectivity index (χ4v) is 4.08. The van der Waals surface area contributed by atoms with E-state index in [1.807, 2.05) is 25.1 Å². The Kier molecular flexibility index (Phi) is 3.31. The van der Waals surface area contributed by atoms with Gasteiger partial charge in [-0.05, 0) is 25.8 Å². The molecule has 1 aromatic rings. The van der Waals surface area contributed by atoms with Crippen LogP contribution in [0.2, 0.25) is 0 Å². The molecule has 0 heterocycles. The Morgan fingerprint density at radius 2 is 1.82 bits per heavy atom. The van der Waals surface area contributed by atoms with Crippen molar-refractivity contribution < 1.29 is 19.1 Å². The smallest absolute Gasteiger partial charge is 0.150 e. The van der Waals surface area contributed by atoms with Gasteiger partial charge in [-0.3, -0.25) is 9.59 Å². The van der Waals surface area contributed by atoms with Crippen molar-refractivity contribution >= 4 is 11.6 Å². The third-order valence-corrected chi connectivity index (χ3v) is 5.80. The Labute approximate surface area is 130 Å². The van der Waals surface area contributed by atoms with E-state index in [1.165, 1.54) is 0 Å². The van der Waals surface area contributed by atoms with Crippen LogP contribution < -0.4 is 9.47 Å². The summed E-state index contributed by atoms with van der Waals surface area (Å²) in [5.41, 5.74) is -0.129. The van der Waals surface area contributed by atoms with Crippen LogP contribution in [0.5, 0.6) is 11.5 Å². The van der Waals surface area contributed by atoms with Crippen LogP contribution in [0.25, 0.3) is 0 Å². The maximum Gasteiger partial charge on any atom is 0.150 e. The molecule has 0 unspecified atom stereocenters. The molecule has 1 aromatic carbocycles. The summed E-state index contributed by atoms with van der Waals surface area (Å²) in [6.45, 7) is 3.89. The minimum atomic E-state index is -0.760. The largest absolute Gasteiger partial charge is 0.497 e. The zero-order chi connectivity index (χ0) is 16.1. The molecule has 3 rings (SSSR count). The molecule has 4 nitrogen and oxygen atoms in total. The van der Waals surface area contributed by atoms with Crippen LogP contribution in [0.15, 0.2) is 18.2 Å². The van der Waals surface area contributed by atoms with E-state index in [0.29, 0.717) is 12.8 Å². The third kappa shape index (κ3) is 1.82. The second-order valence-corrected chi connectivity index (χ2v) is 6.86. The average molecular weight is 302 g/mol. The lowest BCUT2D eigenvalue weighted by Gasteiger charge is -2.41. The summed E-state index contributed by atoms with van der Waals surface area (Å²) >= 11 is 0. The van der Waals surface area contributed by atoms with Gasteiger partial charge in [-0.25, -0.2) is 0 Å². The van der Waals surface area contributed by atoms with E-state index in [9.17, 15) is 9.59 Å². The number of hydrogen-bond acceptors (Lipinski definition) is 4. The Morgan fingerprint density at radius 3 is 2.45 bits per heavy atom. The van der Waals surface area contributed by atoms with Gasteiger partial charge in [-0.2, -0.15) is 0 Å². The lowest BCUT2D eigenvalue weighted by Crippen LogP contribution is -2.45. The molecule has 0 amide bonds. The van der Waals surface area contributed by atoms with Gasteiger partial charge in [0.05, 0.1) is 19.6 Å². The molecule has 22 heavy (non-hydrogen) atoms. The van der Waals surface area contributed by atoms with Gasteiger partial charge in [0.2, 0.25) is 0 Å². The van der Waals surface area contributed by atoms with Gasteiger partial charge in [0, 0.05) is 29.4 Å². The molecule has 0 N–H and O–H groups in total. The van der Waals surface area contributed by atoms with Crippen LogP contribution in [-0.4, -0.2) is 25.8 Å². The number of fused-ring (bicyclic) bond motifs is 2. The Hall–Kier alpha value is -1.84. The van der Waals surface area contributed by atoms with Crippen LogP contribution >= 0.6 is 0 Å². The summed E-state index contributed by atoms with van der Waals surface area (Å²) in [7, 11) is 3.23. The van der Waals surface area contributed by atoms with Crippen LogP contribution in [0.3, 0.4) is 0 Å². The molecule has 0 aliphatic heterocycles. The van der Waals surface area contributed by atoms with Gasteiger partial charge in [0.1, 0.15) is 17.3 Å². The van der Waals surface area contributed by atoms with Crippen molar-refractivity contribution in [3.05, 3.63) is 23.8 Å². The van der Waals surface area contributed by atoms with Crippen molar-refractivity contribution in [3.8, 4) is 11.5 Å². The van der Waals surface area contributed by atoms with Crippen LogP contribution in [0.1, 0.15) is 38.7 Å². The topological polar surface area (TPSA) is 52.6 Å². The number of rotatable bonds is 3. The summed E-state index contributed by atoms with van der Waals surface area (Å²) in [6.07, 6.45) is 1.78. The molecule has 2 bridgehead atoms. The Bertz CT molecular complexity index is 650. The maximum absolute atomic E-state index is 12.7. The van der Waals surface area contributed by atoms with Crippen molar-refractivity contribution in [3.63, 3.8) is 0 Å². The molecule has 0 radical (unpaired) electrons. The maximum atomic E-state index is 12.7. The monoisotopic (exact) mass is 302 g/mol. The molecular weight excluding hydrogens is 280 g/mol. The molecule has 4 heteroatoms. The first-order valence-corrected chi connectivity index (χ1v) is 7.67. The number of carbonyl (C=O) groups is 2. The molecule has 2 saturated carbocycles. The third-order valence-electron chi connectivity index (χ3n) is 5.80. The number of benzene rings is 1. The van der Waals surface area contributed by atoms with Gasteiger partial charge >= 0.3 is 0 Å². The molecule has 0 aromatic heterocycles. The van der Waals surface area contributed by atoms with Gasteiger partial charge in [0.25, 0.3) is 0 Å². The number of carbonyl (C=O) groups excluding carboxylic acids is 2. The molecular formula is C18H22O4. The fourth-order valence-electron chi connectivity index (χ4n) is 4.08. The van der Waals surface area contributed by atoms with E-state index < -0.39 is 5.41 Å². The minimum absolute atomic E-state index is 0.0960. The summed E-state index contributed by atoms with van der Waals surface area (Å²) in [6, 6.07) is 5.70. The first-order chi connectivity index (χ1) is 10.4.